The van der Waals surface area contributed by atoms with Gasteiger partial charge in [-0.3, -0.25) is 4.79 Å². The Bertz CT molecular complexity index is 980. The molecule has 0 N–H and O–H groups in total. The van der Waals surface area contributed by atoms with Gasteiger partial charge in [0.1, 0.15) is 11.5 Å². The summed E-state index contributed by atoms with van der Waals surface area (Å²) in [4.78, 5) is 15.4. The molecule has 1 saturated heterocycles. The molecule has 0 spiro atoms. The van der Waals surface area contributed by atoms with Crippen molar-refractivity contribution >= 4 is 5.91 Å². The highest BCUT2D eigenvalue weighted by atomic mass is 16.5. The number of rotatable bonds is 5. The van der Waals surface area contributed by atoms with E-state index < -0.39 is 0 Å². The standard InChI is InChI=1S/C24H27N3O3/c1-29-20-11-7-18(8-12-20)23-6-4-3-5-16-26(23)24(28)22-15-17-27(25-22)19-9-13-21(30-2)14-10-19/h7-15,17,23H,3-6,16H2,1-2H3/t23-/m1/s1. The average molecular weight is 405 g/mol. The second-order valence-corrected chi connectivity index (χ2v) is 7.48. The summed E-state index contributed by atoms with van der Waals surface area (Å²) >= 11 is 0. The Balaban J connectivity index is 1.58. The van der Waals surface area contributed by atoms with Gasteiger partial charge in [-0.05, 0) is 60.9 Å². The molecule has 1 aliphatic rings. The van der Waals surface area contributed by atoms with E-state index in [9.17, 15) is 4.79 Å². The zero-order chi connectivity index (χ0) is 20.9. The normalized spacial score (nSPS) is 16.7. The first-order chi connectivity index (χ1) is 14.7. The molecule has 6 nitrogen and oxygen atoms in total. The summed E-state index contributed by atoms with van der Waals surface area (Å²) in [5.74, 6) is 1.59. The van der Waals surface area contributed by atoms with Gasteiger partial charge in [-0.1, -0.05) is 25.0 Å². The number of likely N-dealkylation sites (tertiary alicyclic amines) is 1. The Morgan fingerprint density at radius 2 is 1.57 bits per heavy atom. The first-order valence-electron chi connectivity index (χ1n) is 10.3. The predicted octanol–water partition coefficient (Wildman–Crippen LogP) is 4.65. The van der Waals surface area contributed by atoms with Crippen LogP contribution in [0.25, 0.3) is 5.69 Å². The Morgan fingerprint density at radius 3 is 2.23 bits per heavy atom. The van der Waals surface area contributed by atoms with E-state index in [1.54, 1.807) is 25.0 Å². The fourth-order valence-corrected chi connectivity index (χ4v) is 3.99. The molecule has 4 rings (SSSR count). The molecule has 1 amide bonds. The number of carbonyl (C=O) groups excluding carboxylic acids is 1. The summed E-state index contributed by atoms with van der Waals surface area (Å²) in [5, 5.41) is 4.56. The topological polar surface area (TPSA) is 56.6 Å². The Morgan fingerprint density at radius 1 is 0.900 bits per heavy atom. The summed E-state index contributed by atoms with van der Waals surface area (Å²) < 4.78 is 12.2. The second-order valence-electron chi connectivity index (χ2n) is 7.48. The van der Waals surface area contributed by atoms with Gasteiger partial charge in [-0.15, -0.1) is 0 Å². The molecular formula is C24H27N3O3. The van der Waals surface area contributed by atoms with Crippen molar-refractivity contribution in [1.29, 1.82) is 0 Å². The Kier molecular flexibility index (Phi) is 6.02. The summed E-state index contributed by atoms with van der Waals surface area (Å²) in [6.45, 7) is 0.741. The van der Waals surface area contributed by atoms with Gasteiger partial charge in [-0.25, -0.2) is 4.68 Å². The van der Waals surface area contributed by atoms with Crippen molar-refractivity contribution in [3.05, 3.63) is 72.1 Å². The fraction of sp³-hybridized carbons (Fsp3) is 0.333. The van der Waals surface area contributed by atoms with Crippen LogP contribution in [0.2, 0.25) is 0 Å². The molecule has 1 fully saturated rings. The molecule has 6 heteroatoms. The van der Waals surface area contributed by atoms with Crippen LogP contribution in [0.3, 0.4) is 0 Å². The van der Waals surface area contributed by atoms with E-state index in [1.807, 2.05) is 47.5 Å². The van der Waals surface area contributed by atoms with Crippen LogP contribution in [0.4, 0.5) is 0 Å². The fourth-order valence-electron chi connectivity index (χ4n) is 3.99. The van der Waals surface area contributed by atoms with Crippen LogP contribution < -0.4 is 9.47 Å². The van der Waals surface area contributed by atoms with Gasteiger partial charge < -0.3 is 14.4 Å². The first-order valence-corrected chi connectivity index (χ1v) is 10.3. The van der Waals surface area contributed by atoms with Gasteiger partial charge in [0.25, 0.3) is 5.91 Å². The molecule has 0 saturated carbocycles. The van der Waals surface area contributed by atoms with E-state index in [4.69, 9.17) is 9.47 Å². The lowest BCUT2D eigenvalue weighted by molar-refractivity contribution is 0.0674. The van der Waals surface area contributed by atoms with Crippen molar-refractivity contribution < 1.29 is 14.3 Å². The molecule has 2 aromatic carbocycles. The van der Waals surface area contributed by atoms with Crippen LogP contribution in [0.1, 0.15) is 47.8 Å². The maximum absolute atomic E-state index is 13.4. The smallest absolute Gasteiger partial charge is 0.274 e. The SMILES string of the molecule is COc1ccc([C@H]2CCCCCN2C(=O)c2ccn(-c3ccc(OC)cc3)n2)cc1. The van der Waals surface area contributed by atoms with Crippen molar-refractivity contribution in [2.75, 3.05) is 20.8 Å². The molecule has 0 aliphatic carbocycles. The molecule has 1 aromatic heterocycles. The number of nitrogens with zero attached hydrogens (tertiary/aromatic N) is 3. The van der Waals surface area contributed by atoms with Crippen LogP contribution in [-0.2, 0) is 0 Å². The van der Waals surface area contributed by atoms with Gasteiger partial charge in [0.05, 0.1) is 25.9 Å². The largest absolute Gasteiger partial charge is 0.497 e. The molecule has 0 unspecified atom stereocenters. The second kappa shape index (κ2) is 9.03. The summed E-state index contributed by atoms with van der Waals surface area (Å²) in [6.07, 6.45) is 6.04. The van der Waals surface area contributed by atoms with Crippen LogP contribution >= 0.6 is 0 Å². The van der Waals surface area contributed by atoms with Crippen LogP contribution in [0.5, 0.6) is 11.5 Å². The number of ether oxygens (including phenoxy) is 2. The van der Waals surface area contributed by atoms with Gasteiger partial charge in [0.15, 0.2) is 5.69 Å². The highest BCUT2D eigenvalue weighted by Crippen LogP contribution is 2.32. The highest BCUT2D eigenvalue weighted by molar-refractivity contribution is 5.92. The lowest BCUT2D eigenvalue weighted by Crippen LogP contribution is -2.35. The van der Waals surface area contributed by atoms with Crippen molar-refractivity contribution in [2.24, 2.45) is 0 Å². The minimum Gasteiger partial charge on any atom is -0.497 e. The quantitative estimate of drug-likeness (QED) is 0.620. The number of hydrogen-bond donors (Lipinski definition) is 0. The summed E-state index contributed by atoms with van der Waals surface area (Å²) in [6, 6.07) is 17.5. The van der Waals surface area contributed by atoms with Gasteiger partial charge in [-0.2, -0.15) is 5.10 Å². The molecular weight excluding hydrogens is 378 g/mol. The summed E-state index contributed by atoms with van der Waals surface area (Å²) in [7, 11) is 3.30. The molecule has 2 heterocycles. The molecule has 1 aliphatic heterocycles. The van der Waals surface area contributed by atoms with E-state index in [1.165, 1.54) is 0 Å². The van der Waals surface area contributed by atoms with E-state index in [-0.39, 0.29) is 11.9 Å². The number of amides is 1. The monoisotopic (exact) mass is 405 g/mol. The van der Waals surface area contributed by atoms with Gasteiger partial charge in [0.2, 0.25) is 0 Å². The molecule has 156 valence electrons. The maximum atomic E-state index is 13.4. The third kappa shape index (κ3) is 4.17. The number of benzene rings is 2. The molecule has 30 heavy (non-hydrogen) atoms. The third-order valence-corrected chi connectivity index (χ3v) is 5.66. The van der Waals surface area contributed by atoms with Crippen molar-refractivity contribution in [2.45, 2.75) is 31.7 Å². The number of aromatic nitrogens is 2. The average Bonchev–Trinajstić information content (AvgIpc) is 3.17. The van der Waals surface area contributed by atoms with E-state index >= 15 is 0 Å². The van der Waals surface area contributed by atoms with E-state index in [2.05, 4.69) is 17.2 Å². The minimum absolute atomic E-state index is 0.0232. The number of methoxy groups -OCH3 is 2. The van der Waals surface area contributed by atoms with Crippen molar-refractivity contribution in [3.63, 3.8) is 0 Å². The summed E-state index contributed by atoms with van der Waals surface area (Å²) in [5.41, 5.74) is 2.49. The third-order valence-electron chi connectivity index (χ3n) is 5.66. The molecule has 3 aromatic rings. The van der Waals surface area contributed by atoms with Crippen LogP contribution in [0, 0.1) is 0 Å². The Labute approximate surface area is 177 Å². The highest BCUT2D eigenvalue weighted by Gasteiger charge is 2.29. The van der Waals surface area contributed by atoms with Crippen molar-refractivity contribution in [1.82, 2.24) is 14.7 Å². The van der Waals surface area contributed by atoms with Gasteiger partial charge in [0, 0.05) is 12.7 Å². The Hall–Kier alpha value is -3.28. The zero-order valence-corrected chi connectivity index (χ0v) is 17.5. The number of carbonyl (C=O) groups is 1. The molecule has 0 radical (unpaired) electrons. The number of hydrogen-bond acceptors (Lipinski definition) is 4. The van der Waals surface area contributed by atoms with E-state index in [0.29, 0.717) is 5.69 Å². The predicted molar refractivity (Wildman–Crippen MR) is 115 cm³/mol. The van der Waals surface area contributed by atoms with Crippen LogP contribution in [-0.4, -0.2) is 41.4 Å². The van der Waals surface area contributed by atoms with Crippen LogP contribution in [0.15, 0.2) is 60.8 Å². The zero-order valence-electron chi connectivity index (χ0n) is 17.5. The van der Waals surface area contributed by atoms with E-state index in [0.717, 1.165) is 55.0 Å². The maximum Gasteiger partial charge on any atom is 0.274 e. The molecule has 0 bridgehead atoms. The van der Waals surface area contributed by atoms with Crippen molar-refractivity contribution in [3.8, 4) is 17.2 Å². The lowest BCUT2D eigenvalue weighted by atomic mass is 10.0. The van der Waals surface area contributed by atoms with Gasteiger partial charge >= 0.3 is 0 Å². The molecule has 1 atom stereocenters. The lowest BCUT2D eigenvalue weighted by Gasteiger charge is -2.30. The minimum atomic E-state index is -0.0232. The first kappa shape index (κ1) is 20.0.